The maximum absolute atomic E-state index is 12.8. The zero-order valence-electron chi connectivity index (χ0n) is 11.6. The molecule has 1 aromatic rings. The third-order valence-corrected chi connectivity index (χ3v) is 3.11. The molecule has 0 bridgehead atoms. The molecular formula is C13H8F6N4O. The molecule has 0 saturated heterocycles. The lowest BCUT2D eigenvalue weighted by molar-refractivity contribution is -0.252. The summed E-state index contributed by atoms with van der Waals surface area (Å²) in [5.74, 6) is -1.16. The number of benzene rings is 1. The number of alkyl halides is 6. The van der Waals surface area contributed by atoms with Gasteiger partial charge in [-0.15, -0.1) is 13.2 Å². The molecule has 1 aromatic carbocycles. The van der Waals surface area contributed by atoms with Crippen molar-refractivity contribution < 1.29 is 31.1 Å². The molecule has 2 rings (SSSR count). The van der Waals surface area contributed by atoms with Gasteiger partial charge in [0.05, 0.1) is 17.2 Å². The van der Waals surface area contributed by atoms with E-state index in [9.17, 15) is 31.1 Å². The monoisotopic (exact) mass is 350 g/mol. The average molecular weight is 350 g/mol. The number of nitriles is 1. The normalized spacial score (nSPS) is 17.7. The molecule has 5 nitrogen and oxygen atoms in total. The summed E-state index contributed by atoms with van der Waals surface area (Å²) >= 11 is 0. The van der Waals surface area contributed by atoms with Crippen molar-refractivity contribution in [3.05, 3.63) is 29.3 Å². The summed E-state index contributed by atoms with van der Waals surface area (Å²) in [5.41, 5.74) is -2.33. The van der Waals surface area contributed by atoms with Gasteiger partial charge in [-0.05, 0) is 18.2 Å². The van der Waals surface area contributed by atoms with E-state index in [1.165, 1.54) is 6.07 Å². The Hall–Kier alpha value is -2.77. The number of nitrogens with zero attached hydrogens (tertiary/aromatic N) is 3. The molecule has 1 aliphatic heterocycles. The Balaban J connectivity index is 2.23. The molecule has 0 aromatic heterocycles. The van der Waals surface area contributed by atoms with Crippen molar-refractivity contribution in [2.75, 3.05) is 5.32 Å². The molecule has 24 heavy (non-hydrogen) atoms. The van der Waals surface area contributed by atoms with Crippen LogP contribution in [0.3, 0.4) is 0 Å². The number of anilines is 1. The quantitative estimate of drug-likeness (QED) is 0.658. The molecule has 1 atom stereocenters. The zero-order valence-corrected chi connectivity index (χ0v) is 11.6. The summed E-state index contributed by atoms with van der Waals surface area (Å²) in [5, 5.41) is 13.3. The molecule has 1 aliphatic rings. The molecule has 0 aliphatic carbocycles. The lowest BCUT2D eigenvalue weighted by atomic mass is 10.1. The summed E-state index contributed by atoms with van der Waals surface area (Å²) in [6, 6.07) is 1.96. The zero-order chi connectivity index (χ0) is 18.1. The minimum atomic E-state index is -4.89. The van der Waals surface area contributed by atoms with Gasteiger partial charge in [0, 0.05) is 18.3 Å². The minimum Gasteiger partial charge on any atom is -0.324 e. The Labute approximate surface area is 131 Å². The highest BCUT2D eigenvalue weighted by molar-refractivity contribution is 5.97. The molecule has 1 N–H and O–H groups in total. The fourth-order valence-electron chi connectivity index (χ4n) is 2.06. The van der Waals surface area contributed by atoms with Crippen molar-refractivity contribution >= 4 is 17.8 Å². The van der Waals surface area contributed by atoms with Crippen LogP contribution < -0.4 is 5.32 Å². The number of hydrazone groups is 1. The van der Waals surface area contributed by atoms with Crippen LogP contribution in [0, 0.1) is 11.3 Å². The second-order valence-corrected chi connectivity index (χ2v) is 4.72. The van der Waals surface area contributed by atoms with Crippen molar-refractivity contribution in [1.29, 1.82) is 5.26 Å². The summed E-state index contributed by atoms with van der Waals surface area (Å²) in [6.45, 7) is 0. The van der Waals surface area contributed by atoms with Crippen LogP contribution in [0.1, 0.15) is 17.5 Å². The maximum atomic E-state index is 12.8. The van der Waals surface area contributed by atoms with Crippen LogP contribution in [0.5, 0.6) is 0 Å². The summed E-state index contributed by atoms with van der Waals surface area (Å²) in [7, 11) is 0. The standard InChI is InChI=1S/C13H8F6N4O/c14-12(15,16)9-5-8(2-1-7(9)6-20)22-11(24)10-3-4-21-23(10)13(17,18)19/h1-2,4-5,10H,3H2,(H,22,24). The van der Waals surface area contributed by atoms with Gasteiger partial charge in [0.15, 0.2) is 0 Å². The predicted molar refractivity (Wildman–Crippen MR) is 69.6 cm³/mol. The van der Waals surface area contributed by atoms with Gasteiger partial charge < -0.3 is 5.32 Å². The molecule has 128 valence electrons. The summed E-state index contributed by atoms with van der Waals surface area (Å²) < 4.78 is 76.5. The van der Waals surface area contributed by atoms with Crippen molar-refractivity contribution in [2.24, 2.45) is 5.10 Å². The van der Waals surface area contributed by atoms with Crippen LogP contribution in [0.25, 0.3) is 0 Å². The topological polar surface area (TPSA) is 68.5 Å². The molecule has 0 fully saturated rings. The third-order valence-electron chi connectivity index (χ3n) is 3.11. The Bertz CT molecular complexity index is 719. The lowest BCUT2D eigenvalue weighted by Crippen LogP contribution is -2.45. The highest BCUT2D eigenvalue weighted by atomic mass is 19.4. The van der Waals surface area contributed by atoms with E-state index in [4.69, 9.17) is 5.26 Å². The molecule has 0 saturated carbocycles. The Morgan fingerprint density at radius 1 is 1.29 bits per heavy atom. The Kier molecular flexibility index (Phi) is 4.42. The van der Waals surface area contributed by atoms with E-state index in [1.807, 2.05) is 5.32 Å². The van der Waals surface area contributed by atoms with Gasteiger partial charge >= 0.3 is 12.5 Å². The smallest absolute Gasteiger partial charge is 0.324 e. The van der Waals surface area contributed by atoms with Crippen molar-refractivity contribution in [2.45, 2.75) is 24.9 Å². The largest absolute Gasteiger partial charge is 0.501 e. The van der Waals surface area contributed by atoms with Gasteiger partial charge in [0.2, 0.25) is 5.91 Å². The number of hydrogen-bond donors (Lipinski definition) is 1. The highest BCUT2D eigenvalue weighted by Gasteiger charge is 2.46. The first-order valence-electron chi connectivity index (χ1n) is 6.34. The van der Waals surface area contributed by atoms with Crippen LogP contribution in [0.4, 0.5) is 32.0 Å². The highest BCUT2D eigenvalue weighted by Crippen LogP contribution is 2.34. The van der Waals surface area contributed by atoms with Gasteiger partial charge in [-0.25, -0.2) is 0 Å². The molecule has 0 radical (unpaired) electrons. The Morgan fingerprint density at radius 3 is 2.50 bits per heavy atom. The maximum Gasteiger partial charge on any atom is 0.501 e. The summed E-state index contributed by atoms with van der Waals surface area (Å²) in [6.07, 6.45) is -9.19. The molecule has 0 spiro atoms. The number of halogens is 6. The van der Waals surface area contributed by atoms with Gasteiger partial charge in [-0.3, -0.25) is 4.79 Å². The van der Waals surface area contributed by atoms with E-state index in [0.717, 1.165) is 18.3 Å². The fourth-order valence-corrected chi connectivity index (χ4v) is 2.06. The van der Waals surface area contributed by atoms with E-state index < -0.39 is 35.6 Å². The molecule has 1 heterocycles. The first-order valence-corrected chi connectivity index (χ1v) is 6.34. The molecule has 11 heteroatoms. The predicted octanol–water partition coefficient (Wildman–Crippen LogP) is 3.10. The van der Waals surface area contributed by atoms with E-state index in [0.29, 0.717) is 6.07 Å². The van der Waals surface area contributed by atoms with Crippen molar-refractivity contribution in [1.82, 2.24) is 5.01 Å². The van der Waals surface area contributed by atoms with Gasteiger partial charge in [0.25, 0.3) is 0 Å². The van der Waals surface area contributed by atoms with Gasteiger partial charge in [-0.1, -0.05) is 0 Å². The second-order valence-electron chi connectivity index (χ2n) is 4.72. The second kappa shape index (κ2) is 6.03. The lowest BCUT2D eigenvalue weighted by Gasteiger charge is -2.24. The van der Waals surface area contributed by atoms with Crippen molar-refractivity contribution in [3.8, 4) is 6.07 Å². The first-order chi connectivity index (χ1) is 11.0. The van der Waals surface area contributed by atoms with E-state index in [-0.39, 0.29) is 17.1 Å². The van der Waals surface area contributed by atoms with Crippen LogP contribution >= 0.6 is 0 Å². The van der Waals surface area contributed by atoms with Crippen LogP contribution in [-0.4, -0.2) is 29.5 Å². The van der Waals surface area contributed by atoms with Crippen LogP contribution in [-0.2, 0) is 11.0 Å². The number of nitrogens with one attached hydrogen (secondary N) is 1. The van der Waals surface area contributed by atoms with Crippen LogP contribution in [0.15, 0.2) is 23.3 Å². The molecule has 1 amide bonds. The number of rotatable bonds is 2. The van der Waals surface area contributed by atoms with E-state index in [1.54, 1.807) is 0 Å². The third kappa shape index (κ3) is 3.58. The van der Waals surface area contributed by atoms with E-state index in [2.05, 4.69) is 5.10 Å². The minimum absolute atomic E-state index is 0.340. The molecule has 1 unspecified atom stereocenters. The van der Waals surface area contributed by atoms with E-state index >= 15 is 0 Å². The van der Waals surface area contributed by atoms with Crippen LogP contribution in [0.2, 0.25) is 0 Å². The van der Waals surface area contributed by atoms with Gasteiger partial charge in [-0.2, -0.15) is 28.5 Å². The average Bonchev–Trinajstić information content (AvgIpc) is 2.96. The SMILES string of the molecule is N#Cc1ccc(NC(=O)C2CC=NN2C(F)(F)F)cc1C(F)(F)F. The number of carbonyl (C=O) groups excluding carboxylic acids is 1. The van der Waals surface area contributed by atoms with Gasteiger partial charge in [0.1, 0.15) is 6.04 Å². The molecular weight excluding hydrogens is 342 g/mol. The first kappa shape index (κ1) is 17.6. The number of amides is 1. The fraction of sp³-hybridized carbons (Fsp3) is 0.308. The Morgan fingerprint density at radius 2 is 1.96 bits per heavy atom. The number of hydrogen-bond acceptors (Lipinski definition) is 4. The summed E-state index contributed by atoms with van der Waals surface area (Å²) in [4.78, 5) is 11.9. The number of carbonyl (C=O) groups is 1. The van der Waals surface area contributed by atoms with Crippen molar-refractivity contribution in [3.63, 3.8) is 0 Å².